The van der Waals surface area contributed by atoms with Crippen LogP contribution < -0.4 is 0 Å². The van der Waals surface area contributed by atoms with Crippen molar-refractivity contribution in [2.75, 3.05) is 0 Å². The molecule has 82 valence electrons. The molecule has 0 aliphatic heterocycles. The zero-order valence-corrected chi connectivity index (χ0v) is 9.44. The van der Waals surface area contributed by atoms with E-state index in [4.69, 9.17) is 0 Å². The van der Waals surface area contributed by atoms with Crippen LogP contribution in [0.1, 0.15) is 44.8 Å². The summed E-state index contributed by atoms with van der Waals surface area (Å²) in [5.41, 5.74) is 0.917. The van der Waals surface area contributed by atoms with Crippen LogP contribution in [0.5, 0.6) is 0 Å². The maximum absolute atomic E-state index is 11.7. The molecular formula is C12H18N2O. The van der Waals surface area contributed by atoms with Gasteiger partial charge in [-0.15, -0.1) is 0 Å². The van der Waals surface area contributed by atoms with Gasteiger partial charge in [-0.2, -0.15) is 5.10 Å². The van der Waals surface area contributed by atoms with Gasteiger partial charge in [-0.25, -0.2) is 0 Å². The van der Waals surface area contributed by atoms with Gasteiger partial charge in [-0.3, -0.25) is 9.48 Å². The monoisotopic (exact) mass is 206 g/mol. The van der Waals surface area contributed by atoms with Crippen molar-refractivity contribution >= 4 is 5.78 Å². The third-order valence-electron chi connectivity index (χ3n) is 3.11. The second kappa shape index (κ2) is 4.17. The molecule has 0 saturated heterocycles. The minimum Gasteiger partial charge on any atom is -0.299 e. The average Bonchev–Trinajstić information content (AvgIpc) is 2.48. The van der Waals surface area contributed by atoms with Gasteiger partial charge in [-0.05, 0) is 32.8 Å². The Labute approximate surface area is 90.5 Å². The Kier molecular flexibility index (Phi) is 2.89. The number of carbonyl (C=O) groups is 1. The number of aromatic nitrogens is 2. The van der Waals surface area contributed by atoms with Gasteiger partial charge in [0, 0.05) is 18.2 Å². The molecule has 1 aliphatic carbocycles. The Balaban J connectivity index is 1.95. The lowest BCUT2D eigenvalue weighted by Crippen LogP contribution is -2.23. The molecule has 0 spiro atoms. The minimum atomic E-state index is 0.328. The van der Waals surface area contributed by atoms with E-state index in [0.717, 1.165) is 18.5 Å². The summed E-state index contributed by atoms with van der Waals surface area (Å²) in [5.74, 6) is 0.699. The first kappa shape index (κ1) is 10.4. The molecule has 1 aromatic heterocycles. The van der Waals surface area contributed by atoms with Crippen molar-refractivity contribution in [2.45, 2.75) is 45.6 Å². The molecule has 0 bridgehead atoms. The highest BCUT2D eigenvalue weighted by Gasteiger charge is 2.25. The van der Waals surface area contributed by atoms with Gasteiger partial charge in [0.05, 0.1) is 12.1 Å². The number of carbonyl (C=O) groups excluding carboxylic acids is 1. The fourth-order valence-corrected chi connectivity index (χ4v) is 1.81. The summed E-state index contributed by atoms with van der Waals surface area (Å²) >= 11 is 0. The first-order valence-corrected chi connectivity index (χ1v) is 5.73. The van der Waals surface area contributed by atoms with Crippen molar-refractivity contribution in [1.29, 1.82) is 0 Å². The molecule has 3 heteroatoms. The molecule has 0 atom stereocenters. The summed E-state index contributed by atoms with van der Waals surface area (Å²) in [4.78, 5) is 11.7. The van der Waals surface area contributed by atoms with Crippen LogP contribution in [0, 0.1) is 5.92 Å². The Morgan fingerprint density at radius 1 is 1.60 bits per heavy atom. The van der Waals surface area contributed by atoms with Gasteiger partial charge in [0.15, 0.2) is 0 Å². The lowest BCUT2D eigenvalue weighted by molar-refractivity contribution is -0.124. The standard InChI is InChI=1S/C12H18N2O/c1-9(2)14-7-6-11(13-14)8-12(15)10-4-3-5-10/h6-7,9-10H,3-5,8H2,1-2H3. The summed E-state index contributed by atoms with van der Waals surface area (Å²) < 4.78 is 1.91. The molecule has 0 unspecified atom stereocenters. The highest BCUT2D eigenvalue weighted by Crippen LogP contribution is 2.28. The highest BCUT2D eigenvalue weighted by atomic mass is 16.1. The van der Waals surface area contributed by atoms with Crippen LogP contribution in [0.15, 0.2) is 12.3 Å². The van der Waals surface area contributed by atoms with E-state index in [0.29, 0.717) is 24.2 Å². The van der Waals surface area contributed by atoms with Crippen LogP contribution in [-0.4, -0.2) is 15.6 Å². The number of hydrogen-bond acceptors (Lipinski definition) is 2. The molecule has 0 radical (unpaired) electrons. The number of ketones is 1. The van der Waals surface area contributed by atoms with Crippen LogP contribution in [0.25, 0.3) is 0 Å². The van der Waals surface area contributed by atoms with Crippen LogP contribution in [0.4, 0.5) is 0 Å². The molecule has 2 rings (SSSR count). The molecule has 3 nitrogen and oxygen atoms in total. The van der Waals surface area contributed by atoms with Crippen LogP contribution in [0.3, 0.4) is 0 Å². The van der Waals surface area contributed by atoms with E-state index in [1.165, 1.54) is 6.42 Å². The smallest absolute Gasteiger partial charge is 0.141 e. The third-order valence-corrected chi connectivity index (χ3v) is 3.11. The normalized spacial score (nSPS) is 16.7. The van der Waals surface area contributed by atoms with Crippen molar-refractivity contribution < 1.29 is 4.79 Å². The van der Waals surface area contributed by atoms with Crippen LogP contribution in [0.2, 0.25) is 0 Å². The molecule has 15 heavy (non-hydrogen) atoms. The van der Waals surface area contributed by atoms with Crippen molar-refractivity contribution in [3.8, 4) is 0 Å². The van der Waals surface area contributed by atoms with E-state index in [9.17, 15) is 4.79 Å². The number of nitrogens with zero attached hydrogens (tertiary/aromatic N) is 2. The van der Waals surface area contributed by atoms with E-state index in [2.05, 4.69) is 18.9 Å². The molecular weight excluding hydrogens is 188 g/mol. The van der Waals surface area contributed by atoms with Crippen LogP contribution in [-0.2, 0) is 11.2 Å². The average molecular weight is 206 g/mol. The minimum absolute atomic E-state index is 0.328. The van der Waals surface area contributed by atoms with Crippen molar-refractivity contribution in [3.63, 3.8) is 0 Å². The molecule has 1 aromatic rings. The third kappa shape index (κ3) is 2.28. The lowest BCUT2D eigenvalue weighted by atomic mass is 9.81. The molecule has 1 aliphatic rings. The number of hydrogen-bond donors (Lipinski definition) is 0. The molecule has 1 heterocycles. The quantitative estimate of drug-likeness (QED) is 0.758. The second-order valence-corrected chi connectivity index (χ2v) is 4.65. The van der Waals surface area contributed by atoms with Crippen molar-refractivity contribution in [1.82, 2.24) is 9.78 Å². The van der Waals surface area contributed by atoms with Crippen LogP contribution >= 0.6 is 0 Å². The first-order chi connectivity index (χ1) is 7.16. The molecule has 0 aromatic carbocycles. The molecule has 0 amide bonds. The first-order valence-electron chi connectivity index (χ1n) is 5.73. The predicted octanol–water partition coefficient (Wildman–Crippen LogP) is 2.38. The fraction of sp³-hybridized carbons (Fsp3) is 0.667. The maximum atomic E-state index is 11.7. The Bertz CT molecular complexity index is 350. The Morgan fingerprint density at radius 2 is 2.33 bits per heavy atom. The largest absolute Gasteiger partial charge is 0.299 e. The molecule has 1 saturated carbocycles. The van der Waals surface area contributed by atoms with E-state index in [1.54, 1.807) is 0 Å². The van der Waals surface area contributed by atoms with Gasteiger partial charge in [0.1, 0.15) is 5.78 Å². The Hall–Kier alpha value is -1.12. The fourth-order valence-electron chi connectivity index (χ4n) is 1.81. The maximum Gasteiger partial charge on any atom is 0.141 e. The summed E-state index contributed by atoms with van der Waals surface area (Å²) in [6.45, 7) is 4.18. The van der Waals surface area contributed by atoms with E-state index in [1.807, 2.05) is 16.9 Å². The Morgan fingerprint density at radius 3 is 2.80 bits per heavy atom. The lowest BCUT2D eigenvalue weighted by Gasteiger charge is -2.23. The molecule has 0 N–H and O–H groups in total. The van der Waals surface area contributed by atoms with Gasteiger partial charge < -0.3 is 0 Å². The summed E-state index contributed by atoms with van der Waals surface area (Å²) in [6.07, 6.45) is 5.86. The highest BCUT2D eigenvalue weighted by molar-refractivity contribution is 5.83. The summed E-state index contributed by atoms with van der Waals surface area (Å²) in [6, 6.07) is 2.33. The van der Waals surface area contributed by atoms with Gasteiger partial charge in [0.25, 0.3) is 0 Å². The SMILES string of the molecule is CC(C)n1ccc(CC(=O)C2CCC2)n1. The zero-order valence-electron chi connectivity index (χ0n) is 9.44. The summed E-state index contributed by atoms with van der Waals surface area (Å²) in [5, 5.41) is 4.39. The predicted molar refractivity (Wildman–Crippen MR) is 58.7 cm³/mol. The molecule has 1 fully saturated rings. The van der Waals surface area contributed by atoms with Gasteiger partial charge in [0.2, 0.25) is 0 Å². The summed E-state index contributed by atoms with van der Waals surface area (Å²) in [7, 11) is 0. The number of Topliss-reactive ketones (excluding diaryl/α,β-unsaturated/α-hetero) is 1. The second-order valence-electron chi connectivity index (χ2n) is 4.65. The zero-order chi connectivity index (χ0) is 10.8. The van der Waals surface area contributed by atoms with Gasteiger partial charge >= 0.3 is 0 Å². The van der Waals surface area contributed by atoms with E-state index in [-0.39, 0.29) is 0 Å². The van der Waals surface area contributed by atoms with Crippen molar-refractivity contribution in [2.24, 2.45) is 5.92 Å². The van der Waals surface area contributed by atoms with E-state index >= 15 is 0 Å². The van der Waals surface area contributed by atoms with E-state index < -0.39 is 0 Å². The van der Waals surface area contributed by atoms with Crippen molar-refractivity contribution in [3.05, 3.63) is 18.0 Å². The van der Waals surface area contributed by atoms with Gasteiger partial charge in [-0.1, -0.05) is 6.42 Å². The number of rotatable bonds is 4. The topological polar surface area (TPSA) is 34.9 Å².